The van der Waals surface area contributed by atoms with Crippen molar-refractivity contribution in [2.75, 3.05) is 0 Å². The van der Waals surface area contributed by atoms with Crippen LogP contribution < -0.4 is 0 Å². The summed E-state index contributed by atoms with van der Waals surface area (Å²) in [5.74, 6) is 0.0892. The molecule has 2 rings (SSSR count). The SMILES string of the molecule is Oc1ccc(-c2cccc(C(F)(F)F)n2)cc1I. The van der Waals surface area contributed by atoms with E-state index in [2.05, 4.69) is 4.98 Å². The molecular weight excluding hydrogens is 358 g/mol. The molecule has 1 heterocycles. The Hall–Kier alpha value is -1.31. The summed E-state index contributed by atoms with van der Waals surface area (Å²) in [6, 6.07) is 8.27. The summed E-state index contributed by atoms with van der Waals surface area (Å²) in [7, 11) is 0. The molecule has 0 unspecified atom stereocenters. The van der Waals surface area contributed by atoms with Crippen LogP contribution in [0.25, 0.3) is 11.3 Å². The van der Waals surface area contributed by atoms with Crippen molar-refractivity contribution < 1.29 is 18.3 Å². The van der Waals surface area contributed by atoms with Crippen LogP contribution in [-0.4, -0.2) is 10.1 Å². The molecule has 6 heteroatoms. The molecule has 0 saturated heterocycles. The van der Waals surface area contributed by atoms with Crippen LogP contribution in [0.2, 0.25) is 0 Å². The molecule has 0 aliphatic carbocycles. The van der Waals surface area contributed by atoms with Crippen LogP contribution in [0, 0.1) is 3.57 Å². The minimum Gasteiger partial charge on any atom is -0.507 e. The molecule has 0 aliphatic rings. The van der Waals surface area contributed by atoms with Gasteiger partial charge in [-0.3, -0.25) is 0 Å². The number of pyridine rings is 1. The number of alkyl halides is 3. The van der Waals surface area contributed by atoms with E-state index in [4.69, 9.17) is 0 Å². The van der Waals surface area contributed by atoms with Gasteiger partial charge in [0, 0.05) is 5.56 Å². The molecule has 2 aromatic rings. The summed E-state index contributed by atoms with van der Waals surface area (Å²) in [6.45, 7) is 0. The van der Waals surface area contributed by atoms with Crippen LogP contribution in [-0.2, 0) is 6.18 Å². The second-order valence-corrected chi connectivity index (χ2v) is 4.73. The Labute approximate surface area is 115 Å². The first kappa shape index (κ1) is 13.1. The molecule has 0 bridgehead atoms. The van der Waals surface area contributed by atoms with Gasteiger partial charge in [-0.1, -0.05) is 6.07 Å². The number of aromatic nitrogens is 1. The van der Waals surface area contributed by atoms with Crippen molar-refractivity contribution in [1.82, 2.24) is 4.98 Å². The number of hydrogen-bond donors (Lipinski definition) is 1. The Kier molecular flexibility index (Phi) is 3.47. The second kappa shape index (κ2) is 4.75. The highest BCUT2D eigenvalue weighted by molar-refractivity contribution is 14.1. The molecule has 0 atom stereocenters. The van der Waals surface area contributed by atoms with Gasteiger partial charge in [-0.25, -0.2) is 4.98 Å². The predicted octanol–water partition coefficient (Wildman–Crippen LogP) is 4.08. The predicted molar refractivity (Wildman–Crippen MR) is 69.1 cm³/mol. The third kappa shape index (κ3) is 2.74. The Morgan fingerprint density at radius 1 is 1.11 bits per heavy atom. The van der Waals surface area contributed by atoms with Crippen molar-refractivity contribution in [3.05, 3.63) is 45.7 Å². The van der Waals surface area contributed by atoms with Gasteiger partial charge in [0.2, 0.25) is 0 Å². The highest BCUT2D eigenvalue weighted by Gasteiger charge is 2.32. The number of hydrogen-bond acceptors (Lipinski definition) is 2. The minimum atomic E-state index is -4.46. The number of nitrogens with zero attached hydrogens (tertiary/aromatic N) is 1. The van der Waals surface area contributed by atoms with Crippen molar-refractivity contribution in [1.29, 1.82) is 0 Å². The highest BCUT2D eigenvalue weighted by atomic mass is 127. The topological polar surface area (TPSA) is 33.1 Å². The van der Waals surface area contributed by atoms with Crippen LogP contribution in [0.15, 0.2) is 36.4 Å². The first-order valence-corrected chi connectivity index (χ1v) is 5.99. The zero-order valence-corrected chi connectivity index (χ0v) is 11.0. The Morgan fingerprint density at radius 3 is 2.44 bits per heavy atom. The molecule has 0 fully saturated rings. The first-order chi connectivity index (χ1) is 8.38. The number of benzene rings is 1. The lowest BCUT2D eigenvalue weighted by Gasteiger charge is -2.08. The highest BCUT2D eigenvalue weighted by Crippen LogP contribution is 2.30. The maximum atomic E-state index is 12.5. The Bertz CT molecular complexity index is 584. The molecular formula is C12H7F3INO. The van der Waals surface area contributed by atoms with Crippen LogP contribution in [0.5, 0.6) is 5.75 Å². The molecule has 0 saturated carbocycles. The second-order valence-electron chi connectivity index (χ2n) is 3.57. The van der Waals surface area contributed by atoms with E-state index in [-0.39, 0.29) is 11.4 Å². The molecule has 1 aromatic heterocycles. The van der Waals surface area contributed by atoms with Gasteiger partial charge in [0.25, 0.3) is 0 Å². The lowest BCUT2D eigenvalue weighted by atomic mass is 10.1. The van der Waals surface area contributed by atoms with Gasteiger partial charge in [-0.15, -0.1) is 0 Å². The number of phenols is 1. The summed E-state index contributed by atoms with van der Waals surface area (Å²) in [4.78, 5) is 3.58. The van der Waals surface area contributed by atoms with E-state index in [0.29, 0.717) is 9.13 Å². The van der Waals surface area contributed by atoms with E-state index in [9.17, 15) is 18.3 Å². The molecule has 0 spiro atoms. The largest absolute Gasteiger partial charge is 0.507 e. The maximum absolute atomic E-state index is 12.5. The van der Waals surface area contributed by atoms with E-state index in [0.717, 1.165) is 6.07 Å². The van der Waals surface area contributed by atoms with Gasteiger partial charge in [0.05, 0.1) is 9.26 Å². The van der Waals surface area contributed by atoms with Crippen LogP contribution in [0.1, 0.15) is 5.69 Å². The number of phenolic OH excluding ortho intramolecular Hbond substituents is 1. The van der Waals surface area contributed by atoms with Gasteiger partial charge in [-0.05, 0) is 52.9 Å². The standard InChI is InChI=1S/C12H7F3INO/c13-12(14,15)11-3-1-2-9(17-11)7-4-5-10(18)8(16)6-7/h1-6,18H. The summed E-state index contributed by atoms with van der Waals surface area (Å²) in [5.41, 5.74) is -0.172. The van der Waals surface area contributed by atoms with Crippen LogP contribution in [0.4, 0.5) is 13.2 Å². The zero-order chi connectivity index (χ0) is 13.3. The zero-order valence-electron chi connectivity index (χ0n) is 8.87. The number of rotatable bonds is 1. The van der Waals surface area contributed by atoms with Crippen molar-refractivity contribution >= 4 is 22.6 Å². The van der Waals surface area contributed by atoms with Crippen LogP contribution in [0.3, 0.4) is 0 Å². The van der Waals surface area contributed by atoms with Gasteiger partial charge < -0.3 is 5.11 Å². The molecule has 18 heavy (non-hydrogen) atoms. The minimum absolute atomic E-state index is 0.0892. The van der Waals surface area contributed by atoms with E-state index in [1.165, 1.54) is 24.3 Å². The lowest BCUT2D eigenvalue weighted by Crippen LogP contribution is -2.07. The third-order valence-corrected chi connectivity index (χ3v) is 3.15. The van der Waals surface area contributed by atoms with Crippen LogP contribution >= 0.6 is 22.6 Å². The molecule has 2 nitrogen and oxygen atoms in total. The summed E-state index contributed by atoms with van der Waals surface area (Å²) in [6.07, 6.45) is -4.46. The van der Waals surface area contributed by atoms with Gasteiger partial charge in [0.15, 0.2) is 0 Å². The average molecular weight is 365 g/mol. The Balaban J connectivity index is 2.48. The van der Waals surface area contributed by atoms with Crippen molar-refractivity contribution in [3.8, 4) is 17.0 Å². The number of aromatic hydroxyl groups is 1. The van der Waals surface area contributed by atoms with E-state index < -0.39 is 11.9 Å². The fourth-order valence-electron chi connectivity index (χ4n) is 1.42. The molecule has 0 amide bonds. The summed E-state index contributed by atoms with van der Waals surface area (Å²) in [5, 5.41) is 9.37. The van der Waals surface area contributed by atoms with Crippen molar-refractivity contribution in [2.45, 2.75) is 6.18 Å². The third-order valence-electron chi connectivity index (χ3n) is 2.28. The molecule has 1 N–H and O–H groups in total. The fraction of sp³-hybridized carbons (Fsp3) is 0.0833. The van der Waals surface area contributed by atoms with E-state index in [1.54, 1.807) is 6.07 Å². The molecule has 1 aromatic carbocycles. The van der Waals surface area contributed by atoms with Gasteiger partial charge >= 0.3 is 6.18 Å². The van der Waals surface area contributed by atoms with Crippen molar-refractivity contribution in [3.63, 3.8) is 0 Å². The van der Waals surface area contributed by atoms with Gasteiger partial charge in [-0.2, -0.15) is 13.2 Å². The fourth-order valence-corrected chi connectivity index (χ4v) is 1.93. The summed E-state index contributed by atoms with van der Waals surface area (Å²) >= 11 is 1.90. The van der Waals surface area contributed by atoms with Gasteiger partial charge in [0.1, 0.15) is 11.4 Å². The first-order valence-electron chi connectivity index (χ1n) is 4.91. The Morgan fingerprint density at radius 2 is 1.83 bits per heavy atom. The maximum Gasteiger partial charge on any atom is 0.433 e. The number of halogens is 4. The lowest BCUT2D eigenvalue weighted by molar-refractivity contribution is -0.141. The molecule has 94 valence electrons. The smallest absolute Gasteiger partial charge is 0.433 e. The van der Waals surface area contributed by atoms with E-state index in [1.807, 2.05) is 22.6 Å². The van der Waals surface area contributed by atoms with Crippen molar-refractivity contribution in [2.24, 2.45) is 0 Å². The van der Waals surface area contributed by atoms with E-state index >= 15 is 0 Å². The quantitative estimate of drug-likeness (QED) is 0.773. The normalized spacial score (nSPS) is 11.6. The monoisotopic (exact) mass is 365 g/mol. The molecule has 0 radical (unpaired) electrons. The summed E-state index contributed by atoms with van der Waals surface area (Å²) < 4.78 is 38.1. The average Bonchev–Trinajstić information content (AvgIpc) is 2.32. The molecule has 0 aliphatic heterocycles.